The van der Waals surface area contributed by atoms with E-state index in [0.717, 1.165) is 32.4 Å². The van der Waals surface area contributed by atoms with Crippen LogP contribution in [0.1, 0.15) is 40.0 Å². The van der Waals surface area contributed by atoms with Crippen molar-refractivity contribution in [2.75, 3.05) is 32.6 Å². The number of carbonyl (C=O) groups excluding carboxylic acids is 1. The van der Waals surface area contributed by atoms with E-state index >= 15 is 0 Å². The van der Waals surface area contributed by atoms with Gasteiger partial charge >= 0.3 is 0 Å². The lowest BCUT2D eigenvalue weighted by Gasteiger charge is -2.28. The van der Waals surface area contributed by atoms with Gasteiger partial charge in [-0.15, -0.1) is 0 Å². The van der Waals surface area contributed by atoms with Crippen molar-refractivity contribution in [1.82, 2.24) is 10.2 Å². The molecule has 0 bridgehead atoms. The van der Waals surface area contributed by atoms with Gasteiger partial charge in [0.25, 0.3) is 0 Å². The normalized spacial score (nSPS) is 11.9. The maximum absolute atomic E-state index is 11.0. The Bertz CT molecular complexity index is 235. The van der Waals surface area contributed by atoms with Crippen LogP contribution in [-0.2, 0) is 9.53 Å². The lowest BCUT2D eigenvalue weighted by molar-refractivity contribution is -0.118. The van der Waals surface area contributed by atoms with Gasteiger partial charge < -0.3 is 10.1 Å². The highest BCUT2D eigenvalue weighted by Crippen LogP contribution is 2.17. The first-order valence-corrected chi connectivity index (χ1v) is 7.24. The Morgan fingerprint density at radius 3 is 2.61 bits per heavy atom. The minimum absolute atomic E-state index is 0.00147. The molecule has 0 aromatic rings. The van der Waals surface area contributed by atoms with Crippen molar-refractivity contribution < 1.29 is 9.53 Å². The van der Waals surface area contributed by atoms with E-state index in [9.17, 15) is 4.79 Å². The van der Waals surface area contributed by atoms with Crippen LogP contribution in [0.15, 0.2) is 0 Å². The van der Waals surface area contributed by atoms with Crippen molar-refractivity contribution in [3.63, 3.8) is 0 Å². The summed E-state index contributed by atoms with van der Waals surface area (Å²) < 4.78 is 5.86. The number of nitrogens with zero attached hydrogens (tertiary/aromatic N) is 1. The number of carbonyl (C=O) groups is 1. The summed E-state index contributed by atoms with van der Waals surface area (Å²) in [5.41, 5.74) is -0.100. The molecule has 0 rings (SSSR count). The first-order valence-electron chi connectivity index (χ1n) is 6.61. The van der Waals surface area contributed by atoms with Crippen LogP contribution in [-0.4, -0.2) is 49.0 Å². The molecule has 0 radical (unpaired) electrons. The highest BCUT2D eigenvalue weighted by atomic mass is 32.1. The Balaban J connectivity index is 3.60. The third-order valence-corrected chi connectivity index (χ3v) is 3.17. The van der Waals surface area contributed by atoms with Gasteiger partial charge in [0.15, 0.2) is 0 Å². The fourth-order valence-corrected chi connectivity index (χ4v) is 1.52. The van der Waals surface area contributed by atoms with Gasteiger partial charge in [-0.25, -0.2) is 0 Å². The molecule has 0 aliphatic rings. The molecule has 0 aliphatic carbocycles. The zero-order valence-corrected chi connectivity index (χ0v) is 13.1. The van der Waals surface area contributed by atoms with Crippen LogP contribution >= 0.6 is 12.6 Å². The summed E-state index contributed by atoms with van der Waals surface area (Å²) in [6.07, 6.45) is 3.03. The molecule has 5 heteroatoms. The second kappa shape index (κ2) is 9.64. The third-order valence-electron chi connectivity index (χ3n) is 2.89. The van der Waals surface area contributed by atoms with Crippen molar-refractivity contribution >= 4 is 18.5 Å². The minimum atomic E-state index is -0.100. The smallest absolute Gasteiger partial charge is 0.229 e. The van der Waals surface area contributed by atoms with Crippen LogP contribution in [0.5, 0.6) is 0 Å². The van der Waals surface area contributed by atoms with E-state index < -0.39 is 0 Å². The number of rotatable bonds is 10. The highest BCUT2D eigenvalue weighted by Gasteiger charge is 2.18. The van der Waals surface area contributed by atoms with Gasteiger partial charge in [0.05, 0.1) is 18.1 Å². The van der Waals surface area contributed by atoms with E-state index in [-0.39, 0.29) is 17.3 Å². The van der Waals surface area contributed by atoms with Crippen LogP contribution in [0, 0.1) is 0 Å². The van der Waals surface area contributed by atoms with Gasteiger partial charge in [-0.3, -0.25) is 9.69 Å². The van der Waals surface area contributed by atoms with E-state index in [4.69, 9.17) is 4.74 Å². The number of hydrogen-bond acceptors (Lipinski definition) is 4. The van der Waals surface area contributed by atoms with Crippen LogP contribution in [0.2, 0.25) is 0 Å². The molecule has 108 valence electrons. The second-order valence-corrected chi connectivity index (χ2v) is 5.49. The van der Waals surface area contributed by atoms with Crippen LogP contribution in [0.25, 0.3) is 0 Å². The van der Waals surface area contributed by atoms with Crippen LogP contribution < -0.4 is 5.32 Å². The molecule has 0 aromatic carbocycles. The Morgan fingerprint density at radius 2 is 2.06 bits per heavy atom. The average molecular weight is 276 g/mol. The molecule has 0 unspecified atom stereocenters. The van der Waals surface area contributed by atoms with Gasteiger partial charge in [-0.2, -0.15) is 12.6 Å². The lowest BCUT2D eigenvalue weighted by Crippen LogP contribution is -2.32. The number of thiol groups is 1. The fraction of sp³-hybridized carbons (Fsp3) is 0.923. The molecule has 1 N–H and O–H groups in total. The highest BCUT2D eigenvalue weighted by molar-refractivity contribution is 7.81. The van der Waals surface area contributed by atoms with E-state index in [1.807, 2.05) is 7.05 Å². The maximum atomic E-state index is 11.0. The average Bonchev–Trinajstić information content (AvgIpc) is 2.35. The van der Waals surface area contributed by atoms with Crippen LogP contribution in [0.3, 0.4) is 0 Å². The Morgan fingerprint density at radius 1 is 1.39 bits per heavy atom. The number of hydrogen-bond donors (Lipinski definition) is 2. The molecular formula is C13H28N2O2S. The monoisotopic (exact) mass is 276 g/mol. The fourth-order valence-electron chi connectivity index (χ4n) is 1.41. The summed E-state index contributed by atoms with van der Waals surface area (Å²) in [4.78, 5) is 13.1. The summed E-state index contributed by atoms with van der Waals surface area (Å²) in [7, 11) is 2.04. The SMILES string of the molecule is CCN(C)COC(C)(C)CCCCNC(=O)CS. The van der Waals surface area contributed by atoms with E-state index in [0.29, 0.717) is 6.73 Å². The van der Waals surface area contributed by atoms with E-state index in [2.05, 4.69) is 43.6 Å². The maximum Gasteiger partial charge on any atom is 0.229 e. The largest absolute Gasteiger partial charge is 0.360 e. The van der Waals surface area contributed by atoms with Gasteiger partial charge in [0, 0.05) is 6.54 Å². The Labute approximate surface area is 117 Å². The molecular weight excluding hydrogens is 248 g/mol. The summed E-state index contributed by atoms with van der Waals surface area (Å²) >= 11 is 3.91. The predicted octanol–water partition coefficient (Wildman–Crippen LogP) is 1.91. The van der Waals surface area contributed by atoms with Gasteiger partial charge in [0.1, 0.15) is 0 Å². The molecule has 18 heavy (non-hydrogen) atoms. The first kappa shape index (κ1) is 17.7. The quantitative estimate of drug-likeness (QED) is 0.364. The zero-order valence-electron chi connectivity index (χ0n) is 12.2. The molecule has 0 aromatic heterocycles. The topological polar surface area (TPSA) is 41.6 Å². The zero-order chi connectivity index (χ0) is 14.0. The molecule has 0 heterocycles. The number of amides is 1. The number of ether oxygens (including phenoxy) is 1. The Hall–Kier alpha value is -0.260. The molecule has 1 amide bonds. The summed E-state index contributed by atoms with van der Waals surface area (Å²) in [5, 5.41) is 2.81. The van der Waals surface area contributed by atoms with Crippen molar-refractivity contribution in [2.24, 2.45) is 0 Å². The predicted molar refractivity (Wildman–Crippen MR) is 79.0 cm³/mol. The van der Waals surface area contributed by atoms with Crippen molar-refractivity contribution in [2.45, 2.75) is 45.6 Å². The number of unbranched alkanes of at least 4 members (excludes halogenated alkanes) is 1. The van der Waals surface area contributed by atoms with Crippen molar-refractivity contribution in [3.8, 4) is 0 Å². The van der Waals surface area contributed by atoms with Crippen LogP contribution in [0.4, 0.5) is 0 Å². The lowest BCUT2D eigenvalue weighted by atomic mass is 10.0. The summed E-state index contributed by atoms with van der Waals surface area (Å²) in [6.45, 7) is 8.72. The summed E-state index contributed by atoms with van der Waals surface area (Å²) in [6, 6.07) is 0. The van der Waals surface area contributed by atoms with Crippen molar-refractivity contribution in [3.05, 3.63) is 0 Å². The molecule has 0 fully saturated rings. The van der Waals surface area contributed by atoms with Crippen molar-refractivity contribution in [1.29, 1.82) is 0 Å². The van der Waals surface area contributed by atoms with E-state index in [1.54, 1.807) is 0 Å². The minimum Gasteiger partial charge on any atom is -0.360 e. The molecule has 0 saturated carbocycles. The summed E-state index contributed by atoms with van der Waals surface area (Å²) in [5.74, 6) is 0.260. The molecule has 4 nitrogen and oxygen atoms in total. The van der Waals surface area contributed by atoms with E-state index in [1.165, 1.54) is 0 Å². The molecule has 0 aliphatic heterocycles. The standard InChI is InChI=1S/C13H28N2O2S/c1-5-15(4)11-17-13(2,3)8-6-7-9-14-12(16)10-18/h18H,5-11H2,1-4H3,(H,14,16). The molecule has 0 saturated heterocycles. The molecule has 0 atom stereocenters. The second-order valence-electron chi connectivity index (χ2n) is 5.17. The number of nitrogens with one attached hydrogen (secondary N) is 1. The van der Waals surface area contributed by atoms with Gasteiger partial charge in [0.2, 0.25) is 5.91 Å². The third kappa shape index (κ3) is 9.74. The Kier molecular flexibility index (Phi) is 9.50. The first-order chi connectivity index (χ1) is 8.41. The molecule has 0 spiro atoms. The van der Waals surface area contributed by atoms with Gasteiger partial charge in [-0.05, 0) is 46.7 Å². The van der Waals surface area contributed by atoms with Gasteiger partial charge in [-0.1, -0.05) is 6.92 Å².